The van der Waals surface area contributed by atoms with E-state index in [0.717, 1.165) is 16.8 Å². The van der Waals surface area contributed by atoms with Crippen molar-refractivity contribution in [2.75, 3.05) is 19.0 Å². The highest BCUT2D eigenvalue weighted by molar-refractivity contribution is 5.95. The Morgan fingerprint density at radius 2 is 1.86 bits per heavy atom. The second-order valence-corrected chi connectivity index (χ2v) is 3.60. The highest BCUT2D eigenvalue weighted by Gasteiger charge is 2.14. The van der Waals surface area contributed by atoms with E-state index < -0.39 is 5.97 Å². The Morgan fingerprint density at radius 1 is 1.29 bits per heavy atom. The molecule has 14 heavy (non-hydrogen) atoms. The zero-order valence-corrected chi connectivity index (χ0v) is 8.96. The molecule has 0 radical (unpaired) electrons. The van der Waals surface area contributed by atoms with Crippen molar-refractivity contribution in [2.24, 2.45) is 0 Å². The van der Waals surface area contributed by atoms with Gasteiger partial charge < -0.3 is 10.0 Å². The minimum atomic E-state index is -0.878. The molecular formula is C11H15NO2. The molecule has 0 saturated carbocycles. The molecule has 1 aromatic carbocycles. The van der Waals surface area contributed by atoms with E-state index in [1.807, 2.05) is 38.9 Å². The number of carboxylic acids is 1. The van der Waals surface area contributed by atoms with Crippen LogP contribution in [0.2, 0.25) is 0 Å². The SMILES string of the molecule is Cc1ccc(C(=O)O)c(N(C)C)c1C. The maximum Gasteiger partial charge on any atom is 0.337 e. The van der Waals surface area contributed by atoms with Gasteiger partial charge >= 0.3 is 5.97 Å². The van der Waals surface area contributed by atoms with Crippen LogP contribution in [0.1, 0.15) is 21.5 Å². The average Bonchev–Trinajstić information content (AvgIpc) is 2.08. The van der Waals surface area contributed by atoms with Crippen LogP contribution in [0.5, 0.6) is 0 Å². The molecule has 3 heteroatoms. The van der Waals surface area contributed by atoms with E-state index in [2.05, 4.69) is 0 Å². The lowest BCUT2D eigenvalue weighted by Gasteiger charge is -2.19. The Bertz CT molecular complexity index is 370. The fraction of sp³-hybridized carbons (Fsp3) is 0.364. The lowest BCUT2D eigenvalue weighted by molar-refractivity contribution is 0.0697. The van der Waals surface area contributed by atoms with E-state index in [1.54, 1.807) is 6.07 Å². The van der Waals surface area contributed by atoms with Crippen molar-refractivity contribution in [1.29, 1.82) is 0 Å². The molecular weight excluding hydrogens is 178 g/mol. The molecule has 0 bridgehead atoms. The van der Waals surface area contributed by atoms with Crippen LogP contribution in [-0.4, -0.2) is 25.2 Å². The molecule has 0 aliphatic heterocycles. The molecule has 0 spiro atoms. The first-order valence-corrected chi connectivity index (χ1v) is 4.46. The quantitative estimate of drug-likeness (QED) is 0.781. The minimum Gasteiger partial charge on any atom is -0.478 e. The number of hydrogen-bond donors (Lipinski definition) is 1. The van der Waals surface area contributed by atoms with Gasteiger partial charge in [-0.2, -0.15) is 0 Å². The van der Waals surface area contributed by atoms with Crippen molar-refractivity contribution in [3.05, 3.63) is 28.8 Å². The summed E-state index contributed by atoms with van der Waals surface area (Å²) in [5.74, 6) is -0.878. The predicted octanol–water partition coefficient (Wildman–Crippen LogP) is 2.07. The normalized spacial score (nSPS) is 10.0. The van der Waals surface area contributed by atoms with Crippen LogP contribution in [0.15, 0.2) is 12.1 Å². The van der Waals surface area contributed by atoms with Gasteiger partial charge in [0, 0.05) is 14.1 Å². The van der Waals surface area contributed by atoms with Crippen molar-refractivity contribution < 1.29 is 9.90 Å². The van der Waals surface area contributed by atoms with Crippen LogP contribution in [0.25, 0.3) is 0 Å². The third kappa shape index (κ3) is 1.71. The second kappa shape index (κ2) is 3.70. The molecule has 0 amide bonds. The average molecular weight is 193 g/mol. The van der Waals surface area contributed by atoms with Gasteiger partial charge in [0.15, 0.2) is 0 Å². The van der Waals surface area contributed by atoms with Crippen molar-refractivity contribution in [3.63, 3.8) is 0 Å². The summed E-state index contributed by atoms with van der Waals surface area (Å²) < 4.78 is 0. The van der Waals surface area contributed by atoms with Gasteiger partial charge in [-0.15, -0.1) is 0 Å². The first-order chi connectivity index (χ1) is 6.45. The van der Waals surface area contributed by atoms with E-state index in [0.29, 0.717) is 5.56 Å². The number of nitrogens with zero attached hydrogens (tertiary/aromatic N) is 1. The van der Waals surface area contributed by atoms with Crippen LogP contribution in [-0.2, 0) is 0 Å². The van der Waals surface area contributed by atoms with E-state index in [1.165, 1.54) is 0 Å². The van der Waals surface area contributed by atoms with Crippen LogP contribution in [0, 0.1) is 13.8 Å². The number of hydrogen-bond acceptors (Lipinski definition) is 2. The number of carboxylic acid groups (broad SMARTS) is 1. The van der Waals surface area contributed by atoms with Gasteiger partial charge in [-0.05, 0) is 31.0 Å². The first-order valence-electron chi connectivity index (χ1n) is 4.46. The predicted molar refractivity (Wildman–Crippen MR) is 57.2 cm³/mol. The summed E-state index contributed by atoms with van der Waals surface area (Å²) in [5.41, 5.74) is 3.28. The number of carbonyl (C=O) groups is 1. The second-order valence-electron chi connectivity index (χ2n) is 3.60. The summed E-state index contributed by atoms with van der Waals surface area (Å²) >= 11 is 0. The number of aromatic carboxylic acids is 1. The van der Waals surface area contributed by atoms with Crippen LogP contribution >= 0.6 is 0 Å². The molecule has 0 heterocycles. The number of anilines is 1. The van der Waals surface area contributed by atoms with Crippen LogP contribution < -0.4 is 4.90 Å². The Morgan fingerprint density at radius 3 is 2.29 bits per heavy atom. The molecule has 1 aromatic rings. The van der Waals surface area contributed by atoms with E-state index in [4.69, 9.17) is 5.11 Å². The molecule has 3 nitrogen and oxygen atoms in total. The number of benzene rings is 1. The molecule has 0 atom stereocenters. The van der Waals surface area contributed by atoms with Gasteiger partial charge in [0.1, 0.15) is 0 Å². The molecule has 1 N–H and O–H groups in total. The topological polar surface area (TPSA) is 40.5 Å². The van der Waals surface area contributed by atoms with Crippen molar-refractivity contribution >= 4 is 11.7 Å². The fourth-order valence-electron chi connectivity index (χ4n) is 1.55. The van der Waals surface area contributed by atoms with E-state index in [-0.39, 0.29) is 0 Å². The van der Waals surface area contributed by atoms with Gasteiger partial charge in [0.05, 0.1) is 11.3 Å². The maximum atomic E-state index is 11.0. The van der Waals surface area contributed by atoms with Gasteiger partial charge in [-0.25, -0.2) is 4.79 Å². The van der Waals surface area contributed by atoms with E-state index >= 15 is 0 Å². The summed E-state index contributed by atoms with van der Waals surface area (Å²) in [6.45, 7) is 3.92. The summed E-state index contributed by atoms with van der Waals surface area (Å²) in [6, 6.07) is 3.49. The highest BCUT2D eigenvalue weighted by atomic mass is 16.4. The number of rotatable bonds is 2. The smallest absolute Gasteiger partial charge is 0.337 e. The summed E-state index contributed by atoms with van der Waals surface area (Å²) in [6.07, 6.45) is 0. The lowest BCUT2D eigenvalue weighted by atomic mass is 10.0. The monoisotopic (exact) mass is 193 g/mol. The summed E-state index contributed by atoms with van der Waals surface area (Å²) in [4.78, 5) is 12.8. The molecule has 0 aliphatic rings. The minimum absolute atomic E-state index is 0.359. The van der Waals surface area contributed by atoms with Crippen LogP contribution in [0.3, 0.4) is 0 Å². The third-order valence-electron chi connectivity index (χ3n) is 2.38. The van der Waals surface area contributed by atoms with Crippen molar-refractivity contribution in [3.8, 4) is 0 Å². The Hall–Kier alpha value is -1.51. The molecule has 1 rings (SSSR count). The zero-order chi connectivity index (χ0) is 10.9. The maximum absolute atomic E-state index is 11.0. The molecule has 0 aliphatic carbocycles. The zero-order valence-electron chi connectivity index (χ0n) is 8.96. The van der Waals surface area contributed by atoms with Gasteiger partial charge in [0.25, 0.3) is 0 Å². The summed E-state index contributed by atoms with van der Waals surface area (Å²) in [5, 5.41) is 9.00. The van der Waals surface area contributed by atoms with Gasteiger partial charge in [0.2, 0.25) is 0 Å². The van der Waals surface area contributed by atoms with Crippen molar-refractivity contribution in [1.82, 2.24) is 0 Å². The standard InChI is InChI=1S/C11H15NO2/c1-7-5-6-9(11(13)14)10(8(7)2)12(3)4/h5-6H,1-4H3,(H,13,14). The Balaban J connectivity index is 3.45. The Kier molecular flexibility index (Phi) is 2.79. The molecule has 0 unspecified atom stereocenters. The molecule has 0 aromatic heterocycles. The molecule has 76 valence electrons. The van der Waals surface area contributed by atoms with Gasteiger partial charge in [-0.3, -0.25) is 0 Å². The Labute approximate surface area is 84.0 Å². The third-order valence-corrected chi connectivity index (χ3v) is 2.38. The number of aryl methyl sites for hydroxylation is 1. The van der Waals surface area contributed by atoms with Crippen LogP contribution in [0.4, 0.5) is 5.69 Å². The lowest BCUT2D eigenvalue weighted by Crippen LogP contribution is -2.15. The summed E-state index contributed by atoms with van der Waals surface area (Å²) in [7, 11) is 3.71. The van der Waals surface area contributed by atoms with Gasteiger partial charge in [-0.1, -0.05) is 6.07 Å². The fourth-order valence-corrected chi connectivity index (χ4v) is 1.55. The van der Waals surface area contributed by atoms with Crippen molar-refractivity contribution in [2.45, 2.75) is 13.8 Å². The highest BCUT2D eigenvalue weighted by Crippen LogP contribution is 2.26. The van der Waals surface area contributed by atoms with E-state index in [9.17, 15) is 4.79 Å². The molecule has 0 fully saturated rings. The first kappa shape index (κ1) is 10.6. The molecule has 0 saturated heterocycles. The largest absolute Gasteiger partial charge is 0.478 e.